The minimum absolute atomic E-state index is 0.0671. The van der Waals surface area contributed by atoms with Crippen molar-refractivity contribution in [3.8, 4) is 11.5 Å². The van der Waals surface area contributed by atoms with Crippen LogP contribution < -0.4 is 5.11 Å². The number of hydrogen-bond donors (Lipinski definition) is 3. The minimum atomic E-state index is -1.36. The topological polar surface area (TPSA) is 118 Å². The summed E-state index contributed by atoms with van der Waals surface area (Å²) in [7, 11) is 2.45. The summed E-state index contributed by atoms with van der Waals surface area (Å²) >= 11 is 0. The number of carboxylic acids is 2. The van der Waals surface area contributed by atoms with Gasteiger partial charge in [0.15, 0.2) is 0 Å². The van der Waals surface area contributed by atoms with E-state index < -0.39 is 11.9 Å². The molecule has 34 heavy (non-hydrogen) atoms. The van der Waals surface area contributed by atoms with E-state index in [2.05, 4.69) is 27.8 Å². The van der Waals surface area contributed by atoms with Crippen LogP contribution in [0.4, 0.5) is 0 Å². The van der Waals surface area contributed by atoms with Crippen LogP contribution in [0, 0.1) is 0 Å². The number of carbonyl (C=O) groups is 2. The van der Waals surface area contributed by atoms with E-state index in [-0.39, 0.29) is 22.6 Å². The molecular formula is C27H41NO6. The molecule has 0 amide bonds. The molecule has 2 rings (SSSR count). The van der Waals surface area contributed by atoms with E-state index in [0.717, 1.165) is 0 Å². The molecule has 0 atom stereocenters. The molecule has 0 aromatic heterocycles. The number of hydrogen-bond acceptors (Lipinski definition) is 5. The predicted octanol–water partition coefficient (Wildman–Crippen LogP) is 4.68. The Balaban J connectivity index is 0.000000489. The van der Waals surface area contributed by atoms with Gasteiger partial charge in [-0.1, -0.05) is 64.3 Å². The molecule has 0 saturated carbocycles. The van der Waals surface area contributed by atoms with Crippen LogP contribution in [-0.4, -0.2) is 58.4 Å². The number of aromatic hydroxyl groups is 2. The number of carboxylic acid groups (broad SMARTS) is 2. The SMILES string of the molecule is CCCC[N+](C)(CCCC)CCCC.O=C(O)c1ccccc1O.O=C([O-])c1ccccc1O. The Morgan fingerprint density at radius 3 is 1.32 bits per heavy atom. The normalized spacial score (nSPS) is 10.4. The van der Waals surface area contributed by atoms with Gasteiger partial charge in [-0.25, -0.2) is 4.79 Å². The first-order chi connectivity index (χ1) is 16.1. The zero-order valence-electron chi connectivity index (χ0n) is 21.0. The number of quaternary nitrogens is 1. The summed E-state index contributed by atoms with van der Waals surface area (Å²) < 4.78 is 1.32. The Morgan fingerprint density at radius 1 is 0.735 bits per heavy atom. The summed E-state index contributed by atoms with van der Waals surface area (Å²) in [6.45, 7) is 11.0. The molecular weight excluding hydrogens is 434 g/mol. The van der Waals surface area contributed by atoms with Crippen LogP contribution in [0.3, 0.4) is 0 Å². The van der Waals surface area contributed by atoms with Crippen LogP contribution in [-0.2, 0) is 0 Å². The number of nitrogens with zero attached hydrogens (tertiary/aromatic N) is 1. The highest BCUT2D eigenvalue weighted by Gasteiger charge is 2.18. The van der Waals surface area contributed by atoms with Crippen molar-refractivity contribution in [2.75, 3.05) is 26.7 Å². The van der Waals surface area contributed by atoms with Gasteiger partial charge < -0.3 is 29.7 Å². The van der Waals surface area contributed by atoms with Crippen LogP contribution in [0.5, 0.6) is 11.5 Å². The summed E-state index contributed by atoms with van der Waals surface area (Å²) in [6.07, 6.45) is 8.20. The lowest BCUT2D eigenvalue weighted by atomic mass is 10.2. The van der Waals surface area contributed by atoms with Crippen molar-refractivity contribution >= 4 is 11.9 Å². The summed E-state index contributed by atoms with van der Waals surface area (Å²) in [5.41, 5.74) is -0.245. The van der Waals surface area contributed by atoms with Crippen molar-refractivity contribution < 1.29 is 34.5 Å². The van der Waals surface area contributed by atoms with Gasteiger partial charge in [-0.05, 0) is 43.5 Å². The first kappa shape index (κ1) is 30.9. The van der Waals surface area contributed by atoms with Gasteiger partial charge >= 0.3 is 5.97 Å². The third kappa shape index (κ3) is 12.8. The highest BCUT2D eigenvalue weighted by atomic mass is 16.4. The van der Waals surface area contributed by atoms with Gasteiger partial charge in [-0.3, -0.25) is 0 Å². The van der Waals surface area contributed by atoms with Crippen molar-refractivity contribution in [3.05, 3.63) is 59.7 Å². The maximum absolute atomic E-state index is 10.3. The van der Waals surface area contributed by atoms with Crippen LogP contribution in [0.1, 0.15) is 80.0 Å². The van der Waals surface area contributed by atoms with Crippen molar-refractivity contribution in [2.45, 2.75) is 59.3 Å². The van der Waals surface area contributed by atoms with E-state index in [4.69, 9.17) is 15.3 Å². The number of phenols is 2. The summed E-state index contributed by atoms with van der Waals surface area (Å²) in [6, 6.07) is 11.5. The van der Waals surface area contributed by atoms with Crippen LogP contribution in [0.25, 0.3) is 0 Å². The van der Waals surface area contributed by atoms with Crippen LogP contribution >= 0.6 is 0 Å². The number of carbonyl (C=O) groups excluding carboxylic acids is 1. The third-order valence-corrected chi connectivity index (χ3v) is 5.41. The second-order valence-corrected chi connectivity index (χ2v) is 8.48. The average molecular weight is 476 g/mol. The summed E-state index contributed by atoms with van der Waals surface area (Å²) in [4.78, 5) is 20.4. The van der Waals surface area contributed by atoms with Gasteiger partial charge in [0.2, 0.25) is 0 Å². The Labute approximate surface area is 203 Å². The number of aromatic carboxylic acids is 2. The highest BCUT2D eigenvalue weighted by molar-refractivity contribution is 5.90. The minimum Gasteiger partial charge on any atom is -0.545 e. The standard InChI is InChI=1S/C13H30N.2C7H6O3/c1-5-8-11-14(4,12-9-6-2)13-10-7-3;2*8-6-4-2-1-3-5(6)7(9)10/h5-13H2,1-4H3;2*1-4,8H,(H,9,10)/q+1;;/p-1. The summed E-state index contributed by atoms with van der Waals surface area (Å²) in [5.74, 6) is -2.94. The fourth-order valence-corrected chi connectivity index (χ4v) is 3.26. The first-order valence-electron chi connectivity index (χ1n) is 12.0. The van der Waals surface area contributed by atoms with E-state index in [1.54, 1.807) is 18.2 Å². The number of unbranched alkanes of at least 4 members (excludes halogenated alkanes) is 3. The monoisotopic (exact) mass is 475 g/mol. The molecule has 2 aromatic carbocycles. The largest absolute Gasteiger partial charge is 0.545 e. The Morgan fingerprint density at radius 2 is 1.09 bits per heavy atom. The Hall–Kier alpha value is -3.06. The lowest BCUT2D eigenvalue weighted by Crippen LogP contribution is -2.46. The molecule has 0 bridgehead atoms. The molecule has 0 heterocycles. The lowest BCUT2D eigenvalue weighted by molar-refractivity contribution is -0.910. The zero-order chi connectivity index (χ0) is 26.0. The molecule has 2 aromatic rings. The molecule has 7 heteroatoms. The van der Waals surface area contributed by atoms with Gasteiger partial charge in [0.05, 0.1) is 32.7 Å². The predicted molar refractivity (Wildman–Crippen MR) is 133 cm³/mol. The van der Waals surface area contributed by atoms with Crippen molar-refractivity contribution in [1.29, 1.82) is 0 Å². The van der Waals surface area contributed by atoms with E-state index in [0.29, 0.717) is 0 Å². The molecule has 0 aliphatic rings. The van der Waals surface area contributed by atoms with E-state index >= 15 is 0 Å². The van der Waals surface area contributed by atoms with Gasteiger partial charge in [0, 0.05) is 5.56 Å². The first-order valence-corrected chi connectivity index (χ1v) is 12.0. The molecule has 0 aliphatic carbocycles. The van der Waals surface area contributed by atoms with Gasteiger partial charge in [-0.2, -0.15) is 0 Å². The quantitative estimate of drug-likeness (QED) is 0.406. The molecule has 0 fully saturated rings. The second kappa shape index (κ2) is 17.4. The molecule has 0 saturated heterocycles. The van der Waals surface area contributed by atoms with Crippen molar-refractivity contribution in [3.63, 3.8) is 0 Å². The molecule has 0 unspecified atom stereocenters. The number of rotatable bonds is 11. The lowest BCUT2D eigenvalue weighted by Gasteiger charge is -2.34. The van der Waals surface area contributed by atoms with Gasteiger partial charge in [-0.15, -0.1) is 0 Å². The number of benzene rings is 2. The van der Waals surface area contributed by atoms with Crippen LogP contribution in [0.2, 0.25) is 0 Å². The molecule has 190 valence electrons. The molecule has 0 radical (unpaired) electrons. The highest BCUT2D eigenvalue weighted by Crippen LogP contribution is 2.15. The van der Waals surface area contributed by atoms with Gasteiger partial charge in [0.25, 0.3) is 0 Å². The maximum Gasteiger partial charge on any atom is 0.339 e. The smallest absolute Gasteiger partial charge is 0.339 e. The maximum atomic E-state index is 10.3. The van der Waals surface area contributed by atoms with Crippen molar-refractivity contribution in [2.24, 2.45) is 0 Å². The van der Waals surface area contributed by atoms with Crippen molar-refractivity contribution in [1.82, 2.24) is 0 Å². The fourth-order valence-electron chi connectivity index (χ4n) is 3.26. The summed E-state index contributed by atoms with van der Waals surface area (Å²) in [5, 5.41) is 36.3. The molecule has 0 spiro atoms. The van der Waals surface area contributed by atoms with E-state index in [9.17, 15) is 14.7 Å². The average Bonchev–Trinajstić information content (AvgIpc) is 2.81. The molecule has 7 nitrogen and oxygen atoms in total. The van der Waals surface area contributed by atoms with E-state index in [1.807, 2.05) is 0 Å². The Bertz CT molecular complexity index is 775. The zero-order valence-corrected chi connectivity index (χ0v) is 21.0. The molecule has 3 N–H and O–H groups in total. The third-order valence-electron chi connectivity index (χ3n) is 5.41. The van der Waals surface area contributed by atoms with E-state index in [1.165, 1.54) is 93.0 Å². The fraction of sp³-hybridized carbons (Fsp3) is 0.481. The van der Waals surface area contributed by atoms with Gasteiger partial charge in [0.1, 0.15) is 17.1 Å². The number of para-hydroxylation sites is 2. The molecule has 0 aliphatic heterocycles. The Kier molecular flexibility index (Phi) is 15.9. The second-order valence-electron chi connectivity index (χ2n) is 8.48. The van der Waals surface area contributed by atoms with Crippen LogP contribution in [0.15, 0.2) is 48.5 Å².